The van der Waals surface area contributed by atoms with Gasteiger partial charge in [0.25, 0.3) is 0 Å². The normalized spacial score (nSPS) is 9.87. The van der Waals surface area contributed by atoms with E-state index in [1.54, 1.807) is 0 Å². The summed E-state index contributed by atoms with van der Waals surface area (Å²) in [4.78, 5) is 0. The molecule has 2 aromatic rings. The lowest BCUT2D eigenvalue weighted by Gasteiger charge is -1.99. The van der Waals surface area contributed by atoms with Crippen molar-refractivity contribution in [1.29, 1.82) is 0 Å². The Kier molecular flexibility index (Phi) is 2.93. The summed E-state index contributed by atoms with van der Waals surface area (Å²) < 4.78 is 2.05. The Morgan fingerprint density at radius 1 is 0.933 bits per heavy atom. The van der Waals surface area contributed by atoms with Gasteiger partial charge in [0.05, 0.1) is 6.42 Å². The average molecular weight is 196 g/mol. The smallest absolute Gasteiger partial charge is 0.171 e. The van der Waals surface area contributed by atoms with Crippen molar-refractivity contribution >= 4 is 5.70 Å². The predicted octanol–water partition coefficient (Wildman–Crippen LogP) is 2.69. The number of pyridine rings is 1. The van der Waals surface area contributed by atoms with E-state index < -0.39 is 0 Å². The van der Waals surface area contributed by atoms with Crippen LogP contribution in [0, 0.1) is 0 Å². The highest BCUT2D eigenvalue weighted by molar-refractivity contribution is 5.36. The SMILES string of the molecule is C=C(Cc1ccccc1)[n+]1ccccc1. The van der Waals surface area contributed by atoms with Crippen molar-refractivity contribution < 1.29 is 4.57 Å². The highest BCUT2D eigenvalue weighted by Gasteiger charge is 2.05. The van der Waals surface area contributed by atoms with Crippen molar-refractivity contribution in [3.05, 3.63) is 73.1 Å². The summed E-state index contributed by atoms with van der Waals surface area (Å²) in [5.74, 6) is 0. The number of hydrogen-bond donors (Lipinski definition) is 0. The largest absolute Gasteiger partial charge is 0.184 e. The summed E-state index contributed by atoms with van der Waals surface area (Å²) in [6, 6.07) is 16.4. The molecular formula is C14H14N+. The fraction of sp³-hybridized carbons (Fsp3) is 0.0714. The van der Waals surface area contributed by atoms with Crippen LogP contribution in [0.3, 0.4) is 0 Å². The van der Waals surface area contributed by atoms with Crippen molar-refractivity contribution in [3.63, 3.8) is 0 Å². The van der Waals surface area contributed by atoms with Crippen LogP contribution in [-0.2, 0) is 6.42 Å². The first kappa shape index (κ1) is 9.66. The number of allylic oxidation sites excluding steroid dienone is 1. The van der Waals surface area contributed by atoms with Crippen molar-refractivity contribution in [1.82, 2.24) is 0 Å². The fourth-order valence-corrected chi connectivity index (χ4v) is 1.53. The van der Waals surface area contributed by atoms with Crippen molar-refractivity contribution in [2.75, 3.05) is 0 Å². The molecule has 0 aliphatic rings. The van der Waals surface area contributed by atoms with Crippen LogP contribution in [-0.4, -0.2) is 0 Å². The Morgan fingerprint density at radius 2 is 1.53 bits per heavy atom. The van der Waals surface area contributed by atoms with Crippen molar-refractivity contribution in [2.45, 2.75) is 6.42 Å². The van der Waals surface area contributed by atoms with E-state index in [1.807, 2.05) is 41.2 Å². The zero-order valence-corrected chi connectivity index (χ0v) is 8.63. The molecule has 1 heterocycles. The minimum Gasteiger partial charge on any atom is -0.171 e. The standard InChI is InChI=1S/C14H14N/c1-13(15-10-6-3-7-11-15)12-14-8-4-2-5-9-14/h2-11H,1,12H2/q+1. The third-order valence-electron chi connectivity index (χ3n) is 2.33. The van der Waals surface area contributed by atoms with Crippen LogP contribution in [0.2, 0.25) is 0 Å². The second kappa shape index (κ2) is 4.56. The van der Waals surface area contributed by atoms with Crippen molar-refractivity contribution in [2.24, 2.45) is 0 Å². The van der Waals surface area contributed by atoms with E-state index >= 15 is 0 Å². The molecular weight excluding hydrogens is 182 g/mol. The monoisotopic (exact) mass is 196 g/mol. The van der Waals surface area contributed by atoms with Gasteiger partial charge in [0.1, 0.15) is 0 Å². The van der Waals surface area contributed by atoms with Gasteiger partial charge in [-0.1, -0.05) is 36.4 Å². The van der Waals surface area contributed by atoms with Gasteiger partial charge in [-0.05, 0) is 12.1 Å². The predicted molar refractivity (Wildman–Crippen MR) is 62.1 cm³/mol. The summed E-state index contributed by atoms with van der Waals surface area (Å²) >= 11 is 0. The van der Waals surface area contributed by atoms with Gasteiger partial charge >= 0.3 is 0 Å². The maximum atomic E-state index is 4.08. The van der Waals surface area contributed by atoms with Crippen LogP contribution in [0.4, 0.5) is 0 Å². The Morgan fingerprint density at radius 3 is 2.20 bits per heavy atom. The molecule has 0 fully saturated rings. The molecule has 0 amide bonds. The van der Waals surface area contributed by atoms with E-state index in [0.29, 0.717) is 0 Å². The average Bonchev–Trinajstić information content (AvgIpc) is 2.31. The number of rotatable bonds is 3. The molecule has 0 spiro atoms. The molecule has 1 heteroatoms. The molecule has 1 aromatic carbocycles. The van der Waals surface area contributed by atoms with E-state index in [2.05, 4.69) is 30.8 Å². The molecule has 0 bridgehead atoms. The zero-order chi connectivity index (χ0) is 10.5. The maximum absolute atomic E-state index is 4.08. The zero-order valence-electron chi connectivity index (χ0n) is 8.63. The third kappa shape index (κ3) is 2.53. The molecule has 0 aliphatic heterocycles. The topological polar surface area (TPSA) is 3.88 Å². The molecule has 15 heavy (non-hydrogen) atoms. The lowest BCUT2D eigenvalue weighted by atomic mass is 10.1. The van der Waals surface area contributed by atoms with E-state index in [0.717, 1.165) is 12.1 Å². The fourth-order valence-electron chi connectivity index (χ4n) is 1.53. The minimum absolute atomic E-state index is 0.884. The van der Waals surface area contributed by atoms with Gasteiger partial charge in [-0.3, -0.25) is 0 Å². The highest BCUT2D eigenvalue weighted by Crippen LogP contribution is 2.05. The number of aromatic nitrogens is 1. The van der Waals surface area contributed by atoms with Crippen LogP contribution < -0.4 is 4.57 Å². The number of hydrogen-bond acceptors (Lipinski definition) is 0. The Labute approximate surface area is 90.3 Å². The summed E-state index contributed by atoms with van der Waals surface area (Å²) in [5, 5.41) is 0. The van der Waals surface area contributed by atoms with Gasteiger partial charge in [0.2, 0.25) is 0 Å². The Bertz CT molecular complexity index is 431. The highest BCUT2D eigenvalue weighted by atomic mass is 14.9. The third-order valence-corrected chi connectivity index (χ3v) is 2.33. The Hall–Kier alpha value is -1.89. The molecule has 0 unspecified atom stereocenters. The van der Waals surface area contributed by atoms with Crippen LogP contribution in [0.5, 0.6) is 0 Å². The molecule has 1 aromatic heterocycles. The van der Waals surface area contributed by atoms with Crippen LogP contribution in [0.25, 0.3) is 5.70 Å². The number of nitrogens with zero attached hydrogens (tertiary/aromatic N) is 1. The number of benzene rings is 1. The second-order valence-electron chi connectivity index (χ2n) is 3.51. The first-order valence-electron chi connectivity index (χ1n) is 5.04. The van der Waals surface area contributed by atoms with Gasteiger partial charge < -0.3 is 0 Å². The quantitative estimate of drug-likeness (QED) is 0.664. The summed E-state index contributed by atoms with van der Waals surface area (Å²) in [6.45, 7) is 4.08. The van der Waals surface area contributed by atoms with E-state index in [4.69, 9.17) is 0 Å². The minimum atomic E-state index is 0.884. The van der Waals surface area contributed by atoms with E-state index in [9.17, 15) is 0 Å². The van der Waals surface area contributed by atoms with Gasteiger partial charge in [0, 0.05) is 12.1 Å². The van der Waals surface area contributed by atoms with Gasteiger partial charge in [0.15, 0.2) is 18.1 Å². The van der Waals surface area contributed by atoms with Crippen molar-refractivity contribution in [3.8, 4) is 0 Å². The molecule has 0 saturated heterocycles. The second-order valence-corrected chi connectivity index (χ2v) is 3.51. The van der Waals surface area contributed by atoms with Crippen LogP contribution in [0.1, 0.15) is 5.56 Å². The van der Waals surface area contributed by atoms with E-state index in [1.165, 1.54) is 5.56 Å². The van der Waals surface area contributed by atoms with E-state index in [-0.39, 0.29) is 0 Å². The van der Waals surface area contributed by atoms with Gasteiger partial charge in [-0.2, -0.15) is 4.57 Å². The Balaban J connectivity index is 2.12. The summed E-state index contributed by atoms with van der Waals surface area (Å²) in [7, 11) is 0. The molecule has 0 aliphatic carbocycles. The lowest BCUT2D eigenvalue weighted by Crippen LogP contribution is -2.31. The van der Waals surface area contributed by atoms with Gasteiger partial charge in [-0.25, -0.2) is 0 Å². The van der Waals surface area contributed by atoms with Gasteiger partial charge in [-0.15, -0.1) is 0 Å². The molecule has 0 saturated carbocycles. The molecule has 0 radical (unpaired) electrons. The first-order chi connectivity index (χ1) is 7.36. The lowest BCUT2D eigenvalue weighted by molar-refractivity contribution is -0.582. The maximum Gasteiger partial charge on any atom is 0.184 e. The first-order valence-corrected chi connectivity index (χ1v) is 5.04. The molecule has 0 N–H and O–H groups in total. The summed E-state index contributed by atoms with van der Waals surface area (Å²) in [5.41, 5.74) is 2.38. The molecule has 74 valence electrons. The van der Waals surface area contributed by atoms with Crippen LogP contribution >= 0.6 is 0 Å². The summed E-state index contributed by atoms with van der Waals surface area (Å²) in [6.07, 6.45) is 4.92. The molecule has 1 nitrogen and oxygen atoms in total. The molecule has 2 rings (SSSR count). The molecule has 0 atom stereocenters. The van der Waals surface area contributed by atoms with Crippen LogP contribution in [0.15, 0.2) is 67.5 Å².